The predicted octanol–water partition coefficient (Wildman–Crippen LogP) is 3.91. The van der Waals surface area contributed by atoms with E-state index in [-0.39, 0.29) is 0 Å². The first-order valence-corrected chi connectivity index (χ1v) is 7.55. The van der Waals surface area contributed by atoms with Gasteiger partial charge >= 0.3 is 0 Å². The predicted molar refractivity (Wildman–Crippen MR) is 83.4 cm³/mol. The number of aromatic nitrogens is 3. The summed E-state index contributed by atoms with van der Waals surface area (Å²) in [6, 6.07) is 7.77. The van der Waals surface area contributed by atoms with Crippen molar-refractivity contribution >= 4 is 39.0 Å². The van der Waals surface area contributed by atoms with Crippen molar-refractivity contribution in [3.05, 3.63) is 46.1 Å². The van der Waals surface area contributed by atoms with Gasteiger partial charge in [-0.3, -0.25) is 4.98 Å². The van der Waals surface area contributed by atoms with Gasteiger partial charge < -0.3 is 5.32 Å². The highest BCUT2D eigenvalue weighted by Crippen LogP contribution is 2.25. The maximum Gasteiger partial charge on any atom is 0.205 e. The van der Waals surface area contributed by atoms with Crippen LogP contribution in [0.25, 0.3) is 10.9 Å². The summed E-state index contributed by atoms with van der Waals surface area (Å²) in [7, 11) is 0. The minimum absolute atomic E-state index is 0.656. The highest BCUT2D eigenvalue weighted by atomic mass is 35.5. The molecule has 0 aliphatic carbocycles. The van der Waals surface area contributed by atoms with Crippen LogP contribution in [0.1, 0.15) is 17.5 Å². The summed E-state index contributed by atoms with van der Waals surface area (Å²) >= 11 is 7.77. The molecule has 20 heavy (non-hydrogen) atoms. The van der Waals surface area contributed by atoms with Crippen molar-refractivity contribution in [2.75, 3.05) is 5.32 Å². The fourth-order valence-corrected chi connectivity index (χ4v) is 2.87. The van der Waals surface area contributed by atoms with Gasteiger partial charge in [-0.15, -0.1) is 10.2 Å². The molecule has 0 radical (unpaired) electrons. The number of nitrogens with zero attached hydrogens (tertiary/aromatic N) is 3. The van der Waals surface area contributed by atoms with Gasteiger partial charge in [-0.2, -0.15) is 0 Å². The van der Waals surface area contributed by atoms with Gasteiger partial charge in [0.05, 0.1) is 5.52 Å². The second-order valence-corrected chi connectivity index (χ2v) is 5.78. The lowest BCUT2D eigenvalue weighted by Gasteiger charge is -2.07. The number of hydrogen-bond donors (Lipinski definition) is 1. The van der Waals surface area contributed by atoms with Gasteiger partial charge in [0.25, 0.3) is 0 Å². The first-order chi connectivity index (χ1) is 9.78. The first kappa shape index (κ1) is 13.3. The lowest BCUT2D eigenvalue weighted by Crippen LogP contribution is -2.00. The molecule has 0 spiro atoms. The number of fused-ring (bicyclic) bond motifs is 1. The maximum absolute atomic E-state index is 6.19. The molecule has 3 rings (SSSR count). The van der Waals surface area contributed by atoms with Gasteiger partial charge in [0.1, 0.15) is 5.01 Å². The van der Waals surface area contributed by atoms with Crippen molar-refractivity contribution in [1.82, 2.24) is 15.2 Å². The number of aryl methyl sites for hydroxylation is 1. The summed E-state index contributed by atoms with van der Waals surface area (Å²) in [5, 5.41) is 15.1. The van der Waals surface area contributed by atoms with Gasteiger partial charge in [-0.05, 0) is 30.2 Å². The highest BCUT2D eigenvalue weighted by Gasteiger charge is 2.07. The summed E-state index contributed by atoms with van der Waals surface area (Å²) in [6.45, 7) is 2.73. The second kappa shape index (κ2) is 5.73. The maximum atomic E-state index is 6.19. The van der Waals surface area contributed by atoms with E-state index in [1.54, 1.807) is 17.5 Å². The highest BCUT2D eigenvalue weighted by molar-refractivity contribution is 7.15. The third kappa shape index (κ3) is 2.59. The van der Waals surface area contributed by atoms with Crippen LogP contribution in [0, 0.1) is 0 Å². The van der Waals surface area contributed by atoms with Crippen LogP contribution < -0.4 is 5.32 Å². The minimum atomic E-state index is 0.656. The molecule has 0 saturated carbocycles. The first-order valence-electron chi connectivity index (χ1n) is 6.36. The average Bonchev–Trinajstić information content (AvgIpc) is 2.95. The third-order valence-electron chi connectivity index (χ3n) is 3.00. The average molecular weight is 305 g/mol. The Morgan fingerprint density at radius 2 is 2.15 bits per heavy atom. The molecule has 2 aromatic heterocycles. The van der Waals surface area contributed by atoms with Crippen LogP contribution >= 0.6 is 22.9 Å². The van der Waals surface area contributed by atoms with Crippen molar-refractivity contribution in [3.8, 4) is 0 Å². The molecule has 2 heterocycles. The van der Waals surface area contributed by atoms with E-state index in [2.05, 4.69) is 27.4 Å². The topological polar surface area (TPSA) is 50.7 Å². The molecule has 0 unspecified atom stereocenters. The number of pyridine rings is 1. The van der Waals surface area contributed by atoms with Crippen LogP contribution in [0.5, 0.6) is 0 Å². The van der Waals surface area contributed by atoms with E-state index in [1.165, 1.54) is 0 Å². The number of benzene rings is 1. The summed E-state index contributed by atoms with van der Waals surface area (Å²) in [5.41, 5.74) is 2.02. The summed E-state index contributed by atoms with van der Waals surface area (Å²) in [4.78, 5) is 4.42. The lowest BCUT2D eigenvalue weighted by atomic mass is 10.1. The molecule has 0 saturated heterocycles. The summed E-state index contributed by atoms with van der Waals surface area (Å²) in [6.07, 6.45) is 2.69. The van der Waals surface area contributed by atoms with Gasteiger partial charge in [0.2, 0.25) is 5.13 Å². The number of halogens is 1. The molecule has 0 bridgehead atoms. The molecule has 3 aromatic rings. The van der Waals surface area contributed by atoms with Crippen molar-refractivity contribution in [1.29, 1.82) is 0 Å². The fourth-order valence-electron chi connectivity index (χ4n) is 1.98. The minimum Gasteiger partial charge on any atom is -0.356 e. The van der Waals surface area contributed by atoms with Crippen LogP contribution in [0.3, 0.4) is 0 Å². The fraction of sp³-hybridized carbons (Fsp3) is 0.214. The van der Waals surface area contributed by atoms with Crippen LogP contribution in [0.4, 0.5) is 5.13 Å². The Balaban J connectivity index is 1.86. The van der Waals surface area contributed by atoms with E-state index in [0.717, 1.165) is 38.0 Å². The molecule has 102 valence electrons. The van der Waals surface area contributed by atoms with E-state index >= 15 is 0 Å². The van der Waals surface area contributed by atoms with E-state index in [4.69, 9.17) is 11.6 Å². The third-order valence-corrected chi connectivity index (χ3v) is 4.35. The zero-order chi connectivity index (χ0) is 13.9. The molecule has 0 amide bonds. The van der Waals surface area contributed by atoms with Crippen LogP contribution in [-0.2, 0) is 13.0 Å². The molecule has 0 aliphatic rings. The van der Waals surface area contributed by atoms with E-state index in [0.29, 0.717) is 6.54 Å². The smallest absolute Gasteiger partial charge is 0.205 e. The van der Waals surface area contributed by atoms with Crippen molar-refractivity contribution in [2.24, 2.45) is 0 Å². The SMILES string of the molecule is CCc1nnc(NCc2ccc(Cl)c3cccnc23)s1. The number of rotatable bonds is 4. The molecule has 6 heteroatoms. The molecule has 0 fully saturated rings. The zero-order valence-corrected chi connectivity index (χ0v) is 12.5. The van der Waals surface area contributed by atoms with E-state index in [1.807, 2.05) is 24.3 Å². The lowest BCUT2D eigenvalue weighted by molar-refractivity contribution is 0.976. The van der Waals surface area contributed by atoms with Gasteiger partial charge in [-0.25, -0.2) is 0 Å². The second-order valence-electron chi connectivity index (χ2n) is 4.31. The van der Waals surface area contributed by atoms with Crippen LogP contribution in [0.2, 0.25) is 5.02 Å². The molecular weight excluding hydrogens is 292 g/mol. The number of anilines is 1. The molecule has 1 N–H and O–H groups in total. The van der Waals surface area contributed by atoms with Gasteiger partial charge in [0.15, 0.2) is 0 Å². The van der Waals surface area contributed by atoms with Crippen LogP contribution in [-0.4, -0.2) is 15.2 Å². The Labute approximate surface area is 125 Å². The number of nitrogens with one attached hydrogen (secondary N) is 1. The van der Waals surface area contributed by atoms with Crippen LogP contribution in [0.15, 0.2) is 30.5 Å². The Hall–Kier alpha value is -1.72. The van der Waals surface area contributed by atoms with E-state index < -0.39 is 0 Å². The number of hydrogen-bond acceptors (Lipinski definition) is 5. The zero-order valence-electron chi connectivity index (χ0n) is 10.9. The molecule has 0 aliphatic heterocycles. The summed E-state index contributed by atoms with van der Waals surface area (Å²) < 4.78 is 0. The normalized spacial score (nSPS) is 10.9. The van der Waals surface area contributed by atoms with Gasteiger partial charge in [0, 0.05) is 23.2 Å². The largest absolute Gasteiger partial charge is 0.356 e. The van der Waals surface area contributed by atoms with E-state index in [9.17, 15) is 0 Å². The van der Waals surface area contributed by atoms with Crippen molar-refractivity contribution < 1.29 is 0 Å². The Bertz CT molecular complexity index is 741. The van der Waals surface area contributed by atoms with Crippen molar-refractivity contribution in [3.63, 3.8) is 0 Å². The van der Waals surface area contributed by atoms with Crippen molar-refractivity contribution in [2.45, 2.75) is 19.9 Å². The molecular formula is C14H13ClN4S. The quantitative estimate of drug-likeness (QED) is 0.794. The monoisotopic (exact) mass is 304 g/mol. The molecule has 1 aromatic carbocycles. The Kier molecular flexibility index (Phi) is 3.80. The molecule has 0 atom stereocenters. The summed E-state index contributed by atoms with van der Waals surface area (Å²) in [5.74, 6) is 0. The van der Waals surface area contributed by atoms with Gasteiger partial charge in [-0.1, -0.05) is 35.9 Å². The Morgan fingerprint density at radius 3 is 2.95 bits per heavy atom. The standard InChI is InChI=1S/C14H13ClN4S/c1-2-12-18-19-14(20-12)17-8-9-5-6-11(15)10-4-3-7-16-13(9)10/h3-7H,2,8H2,1H3,(H,17,19). The Morgan fingerprint density at radius 1 is 1.25 bits per heavy atom. The molecule has 4 nitrogen and oxygen atoms in total.